The Balaban J connectivity index is 1.66. The molecule has 2 aromatic carbocycles. The first kappa shape index (κ1) is 22.1. The minimum absolute atomic E-state index is 0.0585. The molecule has 0 saturated carbocycles. The second-order valence-electron chi connectivity index (χ2n) is 7.47. The molecule has 0 saturated heterocycles. The van der Waals surface area contributed by atoms with Crippen LogP contribution in [0.5, 0.6) is 0 Å². The van der Waals surface area contributed by atoms with Crippen LogP contribution in [0.15, 0.2) is 63.1 Å². The molecular weight excluding hydrogens is 429 g/mol. The summed E-state index contributed by atoms with van der Waals surface area (Å²) < 4.78 is 45.8. The van der Waals surface area contributed by atoms with E-state index in [4.69, 9.17) is 4.42 Å². The molecule has 10 heteroatoms. The molecule has 3 aromatic rings. The minimum atomic E-state index is -3.64. The van der Waals surface area contributed by atoms with Crippen LogP contribution in [0, 0.1) is 5.82 Å². The van der Waals surface area contributed by atoms with Crippen LogP contribution >= 0.6 is 11.8 Å². The van der Waals surface area contributed by atoms with E-state index in [-0.39, 0.29) is 27.5 Å². The Hall–Kier alpha value is -2.56. The third-order valence-electron chi connectivity index (χ3n) is 3.75. The number of carbonyl (C=O) groups excluding carboxylic acids is 1. The molecule has 0 fully saturated rings. The molecule has 0 aliphatic carbocycles. The van der Waals surface area contributed by atoms with Gasteiger partial charge in [-0.2, -0.15) is 0 Å². The third kappa shape index (κ3) is 5.74. The molecule has 0 radical (unpaired) electrons. The summed E-state index contributed by atoms with van der Waals surface area (Å²) in [7, 11) is -3.64. The molecule has 1 heterocycles. The van der Waals surface area contributed by atoms with Crippen molar-refractivity contribution in [3.8, 4) is 11.5 Å². The molecule has 0 aliphatic heterocycles. The van der Waals surface area contributed by atoms with Gasteiger partial charge in [-0.3, -0.25) is 4.79 Å². The van der Waals surface area contributed by atoms with E-state index < -0.39 is 21.4 Å². The van der Waals surface area contributed by atoms with Gasteiger partial charge in [-0.15, -0.1) is 10.2 Å². The molecule has 0 bridgehead atoms. The number of nitrogens with zero attached hydrogens (tertiary/aromatic N) is 2. The second-order valence-corrected chi connectivity index (χ2v) is 10.1. The first-order valence-corrected chi connectivity index (χ1v) is 11.4. The number of hydrogen-bond acceptors (Lipinski definition) is 7. The Labute approximate surface area is 178 Å². The van der Waals surface area contributed by atoms with Gasteiger partial charge in [0.2, 0.25) is 15.9 Å². The van der Waals surface area contributed by atoms with Gasteiger partial charge in [0, 0.05) is 16.7 Å². The molecule has 1 N–H and O–H groups in total. The fourth-order valence-corrected chi connectivity index (χ4v) is 4.55. The molecule has 158 valence electrons. The third-order valence-corrected chi connectivity index (χ3v) is 6.34. The number of halogens is 1. The number of sulfonamides is 1. The van der Waals surface area contributed by atoms with Crippen LogP contribution in [0.2, 0.25) is 0 Å². The van der Waals surface area contributed by atoms with E-state index in [0.29, 0.717) is 11.1 Å². The number of thioether (sulfide) groups is 1. The summed E-state index contributed by atoms with van der Waals surface area (Å²) in [6.07, 6.45) is 0. The summed E-state index contributed by atoms with van der Waals surface area (Å²) in [6.45, 7) is 5.28. The zero-order valence-corrected chi connectivity index (χ0v) is 18.2. The number of nitrogens with one attached hydrogen (secondary N) is 1. The van der Waals surface area contributed by atoms with Crippen molar-refractivity contribution in [3.05, 3.63) is 59.9 Å². The van der Waals surface area contributed by atoms with Gasteiger partial charge in [0.1, 0.15) is 5.82 Å². The van der Waals surface area contributed by atoms with Gasteiger partial charge in [0.05, 0.1) is 10.6 Å². The number of hydrogen-bond donors (Lipinski definition) is 1. The molecular formula is C20H20FN3O4S2. The van der Waals surface area contributed by atoms with Crippen LogP contribution in [0.4, 0.5) is 4.39 Å². The molecule has 1 aromatic heterocycles. The van der Waals surface area contributed by atoms with Crippen molar-refractivity contribution in [1.82, 2.24) is 14.9 Å². The molecule has 0 amide bonds. The average Bonchev–Trinajstić information content (AvgIpc) is 3.14. The van der Waals surface area contributed by atoms with Crippen molar-refractivity contribution in [1.29, 1.82) is 0 Å². The van der Waals surface area contributed by atoms with E-state index in [1.807, 2.05) is 0 Å². The molecule has 0 spiro atoms. The van der Waals surface area contributed by atoms with Crippen LogP contribution in [0.3, 0.4) is 0 Å². The Morgan fingerprint density at radius 2 is 1.70 bits per heavy atom. The van der Waals surface area contributed by atoms with Crippen molar-refractivity contribution >= 4 is 27.6 Å². The van der Waals surface area contributed by atoms with Crippen molar-refractivity contribution in [2.75, 3.05) is 5.75 Å². The quantitative estimate of drug-likeness (QED) is 0.431. The van der Waals surface area contributed by atoms with Crippen molar-refractivity contribution in [2.45, 2.75) is 36.4 Å². The first-order chi connectivity index (χ1) is 14.0. The SMILES string of the molecule is CC(C)(C)NS(=O)(=O)c1ccc(-c2nnc(SCC(=O)c3ccc(F)cc3)o2)cc1. The molecule has 30 heavy (non-hydrogen) atoms. The normalized spacial score (nSPS) is 12.1. The highest BCUT2D eigenvalue weighted by atomic mass is 32.2. The fourth-order valence-electron chi connectivity index (χ4n) is 2.47. The maximum Gasteiger partial charge on any atom is 0.277 e. The lowest BCUT2D eigenvalue weighted by Crippen LogP contribution is -2.40. The zero-order chi connectivity index (χ0) is 21.9. The largest absolute Gasteiger partial charge is 0.411 e. The van der Waals surface area contributed by atoms with E-state index in [9.17, 15) is 17.6 Å². The van der Waals surface area contributed by atoms with Crippen LogP contribution in [0.1, 0.15) is 31.1 Å². The fraction of sp³-hybridized carbons (Fsp3) is 0.250. The van der Waals surface area contributed by atoms with Crippen LogP contribution < -0.4 is 4.72 Å². The van der Waals surface area contributed by atoms with Gasteiger partial charge in [0.15, 0.2) is 5.78 Å². The number of ketones is 1. The maximum absolute atomic E-state index is 12.9. The Bertz CT molecular complexity index is 1140. The second kappa shape index (κ2) is 8.66. The Morgan fingerprint density at radius 1 is 1.07 bits per heavy atom. The van der Waals surface area contributed by atoms with Crippen LogP contribution in [0.25, 0.3) is 11.5 Å². The lowest BCUT2D eigenvalue weighted by atomic mass is 10.1. The van der Waals surface area contributed by atoms with Crippen LogP contribution in [-0.2, 0) is 10.0 Å². The summed E-state index contributed by atoms with van der Waals surface area (Å²) in [5.41, 5.74) is 0.347. The van der Waals surface area contributed by atoms with Crippen molar-refractivity contribution in [3.63, 3.8) is 0 Å². The summed E-state index contributed by atoms with van der Waals surface area (Å²) in [5, 5.41) is 8.03. The summed E-state index contributed by atoms with van der Waals surface area (Å²) in [5.74, 6) is -0.336. The number of benzene rings is 2. The predicted molar refractivity (Wildman–Crippen MR) is 111 cm³/mol. The standard InChI is InChI=1S/C20H20FN3O4S2/c1-20(2,3)24-30(26,27)16-10-6-14(7-11-16)18-22-23-19(28-18)29-12-17(25)13-4-8-15(21)9-5-13/h4-11,24H,12H2,1-3H3. The number of aromatic nitrogens is 2. The number of rotatable bonds is 7. The lowest BCUT2D eigenvalue weighted by Gasteiger charge is -2.20. The highest BCUT2D eigenvalue weighted by Gasteiger charge is 2.22. The predicted octanol–water partition coefficient (Wildman–Crippen LogP) is 3.93. The summed E-state index contributed by atoms with van der Waals surface area (Å²) in [4.78, 5) is 12.3. The highest BCUT2D eigenvalue weighted by molar-refractivity contribution is 7.99. The molecule has 0 unspecified atom stereocenters. The van der Waals surface area contributed by atoms with Gasteiger partial charge in [-0.1, -0.05) is 11.8 Å². The summed E-state index contributed by atoms with van der Waals surface area (Å²) in [6, 6.07) is 11.3. The van der Waals surface area contributed by atoms with Gasteiger partial charge in [-0.05, 0) is 69.3 Å². The van der Waals surface area contributed by atoms with E-state index in [1.54, 1.807) is 32.9 Å². The molecule has 7 nitrogen and oxygen atoms in total. The molecule has 0 atom stereocenters. The molecule has 0 aliphatic rings. The number of Topliss-reactive ketones (excluding diaryl/α,β-unsaturated/α-hetero) is 1. The van der Waals surface area contributed by atoms with Crippen molar-refractivity contribution in [2.24, 2.45) is 0 Å². The lowest BCUT2D eigenvalue weighted by molar-refractivity contribution is 0.102. The summed E-state index contributed by atoms with van der Waals surface area (Å²) >= 11 is 1.07. The van der Waals surface area contributed by atoms with Gasteiger partial charge >= 0.3 is 0 Å². The van der Waals surface area contributed by atoms with E-state index in [2.05, 4.69) is 14.9 Å². The zero-order valence-electron chi connectivity index (χ0n) is 16.5. The monoisotopic (exact) mass is 449 g/mol. The number of carbonyl (C=O) groups is 1. The van der Waals surface area contributed by atoms with Gasteiger partial charge in [0.25, 0.3) is 5.22 Å². The van der Waals surface area contributed by atoms with Gasteiger partial charge in [-0.25, -0.2) is 17.5 Å². The molecule has 3 rings (SSSR count). The van der Waals surface area contributed by atoms with E-state index in [0.717, 1.165) is 11.8 Å². The smallest absolute Gasteiger partial charge is 0.277 e. The van der Waals surface area contributed by atoms with E-state index in [1.165, 1.54) is 36.4 Å². The first-order valence-electron chi connectivity index (χ1n) is 8.93. The Kier molecular flexibility index (Phi) is 6.39. The Morgan fingerprint density at radius 3 is 2.30 bits per heavy atom. The topological polar surface area (TPSA) is 102 Å². The average molecular weight is 450 g/mol. The maximum atomic E-state index is 12.9. The van der Waals surface area contributed by atoms with Crippen molar-refractivity contribution < 1.29 is 22.0 Å². The van der Waals surface area contributed by atoms with Gasteiger partial charge < -0.3 is 4.42 Å². The minimum Gasteiger partial charge on any atom is -0.411 e. The van der Waals surface area contributed by atoms with Crippen LogP contribution in [-0.4, -0.2) is 35.7 Å². The van der Waals surface area contributed by atoms with E-state index >= 15 is 0 Å². The highest BCUT2D eigenvalue weighted by Crippen LogP contribution is 2.25.